The number of aliphatic hydroxyl groups is 1. The van der Waals surface area contributed by atoms with Crippen molar-refractivity contribution in [3.63, 3.8) is 0 Å². The third-order valence-electron chi connectivity index (χ3n) is 8.51. The van der Waals surface area contributed by atoms with Gasteiger partial charge in [0.25, 0.3) is 5.91 Å². The lowest BCUT2D eigenvalue weighted by molar-refractivity contribution is -0.617. The molecule has 3 aromatic carbocycles. The Labute approximate surface area is 284 Å². The van der Waals surface area contributed by atoms with Gasteiger partial charge in [-0.2, -0.15) is 4.73 Å². The van der Waals surface area contributed by atoms with E-state index in [4.69, 9.17) is 9.47 Å². The van der Waals surface area contributed by atoms with Gasteiger partial charge >= 0.3 is 0 Å². The van der Waals surface area contributed by atoms with Crippen LogP contribution in [0.5, 0.6) is 5.75 Å². The third-order valence-corrected chi connectivity index (χ3v) is 8.51. The second kappa shape index (κ2) is 16.4. The third kappa shape index (κ3) is 8.82. The van der Waals surface area contributed by atoms with Gasteiger partial charge in [0.2, 0.25) is 5.69 Å². The number of hydrogen-bond donors (Lipinski definition) is 2. The maximum atomic E-state index is 13.7. The Bertz CT molecular complexity index is 1720. The summed E-state index contributed by atoms with van der Waals surface area (Å²) in [6, 6.07) is 24.9. The summed E-state index contributed by atoms with van der Waals surface area (Å²) in [6.07, 6.45) is 5.08. The summed E-state index contributed by atoms with van der Waals surface area (Å²) >= 11 is 0. The van der Waals surface area contributed by atoms with Crippen molar-refractivity contribution in [3.05, 3.63) is 118 Å². The van der Waals surface area contributed by atoms with Gasteiger partial charge in [0.15, 0.2) is 12.3 Å². The van der Waals surface area contributed by atoms with Crippen molar-refractivity contribution in [1.29, 1.82) is 0 Å². The molecule has 252 valence electrons. The van der Waals surface area contributed by atoms with E-state index in [1.807, 2.05) is 31.2 Å². The van der Waals surface area contributed by atoms with Crippen LogP contribution in [0.4, 0.5) is 11.4 Å². The molecule has 5 rings (SSSR count). The fourth-order valence-corrected chi connectivity index (χ4v) is 5.98. The van der Waals surface area contributed by atoms with E-state index < -0.39 is 6.10 Å². The Balaban J connectivity index is 1.33. The zero-order valence-corrected chi connectivity index (χ0v) is 28.4. The summed E-state index contributed by atoms with van der Waals surface area (Å²) in [7, 11) is 0. The zero-order chi connectivity index (χ0) is 34.0. The van der Waals surface area contributed by atoms with E-state index in [1.165, 1.54) is 6.20 Å². The van der Waals surface area contributed by atoms with E-state index in [9.17, 15) is 15.1 Å². The number of aromatic nitrogens is 1. The number of carbonyl (C=O) groups excluding carboxylic acids is 1. The molecule has 0 saturated carbocycles. The minimum absolute atomic E-state index is 0.161. The van der Waals surface area contributed by atoms with Gasteiger partial charge in [0.1, 0.15) is 12.4 Å². The monoisotopic (exact) mass is 649 g/mol. The molecule has 1 atom stereocenters. The van der Waals surface area contributed by atoms with Gasteiger partial charge in [-0.05, 0) is 102 Å². The highest BCUT2D eigenvalue weighted by Crippen LogP contribution is 2.34. The Morgan fingerprint density at radius 2 is 1.79 bits per heavy atom. The van der Waals surface area contributed by atoms with E-state index in [2.05, 4.69) is 61.3 Å². The number of benzene rings is 3. The van der Waals surface area contributed by atoms with Crippen LogP contribution >= 0.6 is 0 Å². The number of ether oxygens (including phenoxy) is 2. The molecule has 0 fully saturated rings. The van der Waals surface area contributed by atoms with Crippen molar-refractivity contribution in [2.24, 2.45) is 5.92 Å². The minimum Gasteiger partial charge on any atom is -0.618 e. The highest BCUT2D eigenvalue weighted by Gasteiger charge is 2.23. The summed E-state index contributed by atoms with van der Waals surface area (Å²) < 4.78 is 12.1. The number of nitrogens with one attached hydrogen (secondary N) is 1. The molecule has 2 heterocycles. The van der Waals surface area contributed by atoms with Gasteiger partial charge in [-0.25, -0.2) is 0 Å². The van der Waals surface area contributed by atoms with Crippen LogP contribution in [-0.4, -0.2) is 43.9 Å². The average Bonchev–Trinajstić information content (AvgIpc) is 3.25. The van der Waals surface area contributed by atoms with Crippen LogP contribution in [0.3, 0.4) is 0 Å². The first-order chi connectivity index (χ1) is 23.2. The summed E-state index contributed by atoms with van der Waals surface area (Å²) in [5.41, 5.74) is 7.21. The Morgan fingerprint density at radius 1 is 1.00 bits per heavy atom. The van der Waals surface area contributed by atoms with Crippen molar-refractivity contribution in [2.75, 3.05) is 43.1 Å². The molecule has 0 aliphatic carbocycles. The van der Waals surface area contributed by atoms with Gasteiger partial charge in [-0.3, -0.25) is 4.79 Å². The molecule has 8 heteroatoms. The largest absolute Gasteiger partial charge is 0.618 e. The molecular weight excluding hydrogens is 602 g/mol. The Morgan fingerprint density at radius 3 is 2.52 bits per heavy atom. The molecule has 0 spiro atoms. The number of fused-ring (bicyclic) bond motifs is 1. The van der Waals surface area contributed by atoms with Crippen molar-refractivity contribution in [1.82, 2.24) is 0 Å². The topological polar surface area (TPSA) is 98.0 Å². The first kappa shape index (κ1) is 34.7. The van der Waals surface area contributed by atoms with Gasteiger partial charge in [0, 0.05) is 48.8 Å². The minimum atomic E-state index is -1.07. The molecule has 0 radical (unpaired) electrons. The van der Waals surface area contributed by atoms with E-state index in [-0.39, 0.29) is 11.6 Å². The van der Waals surface area contributed by atoms with E-state index in [0.29, 0.717) is 47.1 Å². The van der Waals surface area contributed by atoms with Gasteiger partial charge in [0.05, 0.1) is 6.61 Å². The molecule has 0 saturated heterocycles. The molecule has 8 nitrogen and oxygen atoms in total. The first-order valence-electron chi connectivity index (χ1n) is 16.9. The molecule has 48 heavy (non-hydrogen) atoms. The van der Waals surface area contributed by atoms with Crippen molar-refractivity contribution < 1.29 is 24.1 Å². The van der Waals surface area contributed by atoms with Crippen LogP contribution in [0.2, 0.25) is 0 Å². The molecule has 2 N–H and O–H groups in total. The van der Waals surface area contributed by atoms with E-state index >= 15 is 0 Å². The van der Waals surface area contributed by atoms with Gasteiger partial charge < -0.3 is 30.0 Å². The standard InChI is InChI=1S/C40H47N3O5/c1-5-6-21-47-22-23-48-35-14-10-30(11-15-35)31-12-17-37-33(25-31)26-32(18-20-42(37)27-28(2)3)40(45)41-34-13-16-36(29(4)24-34)39(44)38-9-7-8-19-43(38)46/h7-17,19,24-26,28,39,44H,5-6,18,20-23,27H2,1-4H3,(H,41,45). The summed E-state index contributed by atoms with van der Waals surface area (Å²) in [5, 5.41) is 26.2. The normalized spacial score (nSPS) is 13.5. The Kier molecular flexibility index (Phi) is 11.9. The predicted octanol–water partition coefficient (Wildman–Crippen LogP) is 7.46. The number of anilines is 2. The highest BCUT2D eigenvalue weighted by molar-refractivity contribution is 6.07. The summed E-state index contributed by atoms with van der Waals surface area (Å²) in [6.45, 7) is 11.9. The second-order valence-electron chi connectivity index (χ2n) is 12.8. The highest BCUT2D eigenvalue weighted by atomic mass is 16.5. The number of amides is 1. The SMILES string of the molecule is CCCCOCCOc1ccc(-c2ccc3c(c2)C=C(C(=O)Nc2ccc(C(O)c4cccc[n+]4[O-])c(C)c2)CCN3CC(C)C)cc1. The molecule has 1 aliphatic heterocycles. The van der Waals surface area contributed by atoms with Crippen LogP contribution in [0, 0.1) is 18.0 Å². The molecular formula is C40H47N3O5. The average molecular weight is 650 g/mol. The molecule has 1 aliphatic rings. The molecule has 0 bridgehead atoms. The van der Waals surface area contributed by atoms with Crippen LogP contribution in [0.1, 0.15) is 68.5 Å². The second-order valence-corrected chi connectivity index (χ2v) is 12.8. The number of pyridine rings is 1. The maximum Gasteiger partial charge on any atom is 0.251 e. The number of hydrogen-bond acceptors (Lipinski definition) is 6. The quantitative estimate of drug-likeness (QED) is 0.0836. The number of carbonyl (C=O) groups is 1. The van der Waals surface area contributed by atoms with E-state index in [0.717, 1.165) is 66.2 Å². The van der Waals surface area contributed by atoms with Crippen molar-refractivity contribution >= 4 is 23.4 Å². The molecule has 1 unspecified atom stereocenters. The smallest absolute Gasteiger partial charge is 0.251 e. The van der Waals surface area contributed by atoms with Crippen LogP contribution in [0.15, 0.2) is 90.6 Å². The molecule has 4 aromatic rings. The number of aliphatic hydroxyl groups excluding tert-OH is 1. The molecule has 1 aromatic heterocycles. The van der Waals surface area contributed by atoms with Crippen molar-refractivity contribution in [3.8, 4) is 16.9 Å². The number of nitrogens with zero attached hydrogens (tertiary/aromatic N) is 2. The fourth-order valence-electron chi connectivity index (χ4n) is 5.98. The first-order valence-corrected chi connectivity index (χ1v) is 16.9. The van der Waals surface area contributed by atoms with Gasteiger partial charge in [-0.1, -0.05) is 51.5 Å². The number of rotatable bonds is 14. The lowest BCUT2D eigenvalue weighted by Crippen LogP contribution is -2.33. The fraction of sp³-hybridized carbons (Fsp3) is 0.350. The van der Waals surface area contributed by atoms with E-state index in [1.54, 1.807) is 30.3 Å². The summed E-state index contributed by atoms with van der Waals surface area (Å²) in [4.78, 5) is 16.1. The Hall–Kier alpha value is -4.66. The zero-order valence-electron chi connectivity index (χ0n) is 28.4. The molecule has 1 amide bonds. The summed E-state index contributed by atoms with van der Waals surface area (Å²) in [5.74, 6) is 1.11. The number of aryl methyl sites for hydroxylation is 1. The van der Waals surface area contributed by atoms with Crippen LogP contribution in [-0.2, 0) is 9.53 Å². The van der Waals surface area contributed by atoms with Crippen LogP contribution in [0.25, 0.3) is 17.2 Å². The maximum absolute atomic E-state index is 13.7. The van der Waals surface area contributed by atoms with Gasteiger partial charge in [-0.15, -0.1) is 0 Å². The lowest BCUT2D eigenvalue weighted by Gasteiger charge is -2.27. The predicted molar refractivity (Wildman–Crippen MR) is 192 cm³/mol. The lowest BCUT2D eigenvalue weighted by atomic mass is 9.99. The van der Waals surface area contributed by atoms with Crippen LogP contribution < -0.4 is 19.7 Å². The van der Waals surface area contributed by atoms with Crippen molar-refractivity contribution in [2.45, 2.75) is 53.1 Å². The number of unbranched alkanes of at least 4 members (excludes halogenated alkanes) is 1.